The van der Waals surface area contributed by atoms with E-state index in [1.807, 2.05) is 0 Å². The monoisotopic (exact) mass is 1220 g/mol. The summed E-state index contributed by atoms with van der Waals surface area (Å²) < 4.78 is 22.9. The summed E-state index contributed by atoms with van der Waals surface area (Å²) in [6, 6.07) is -0.869. The van der Waals surface area contributed by atoms with Crippen molar-refractivity contribution >= 4 is 5.91 Å². The van der Waals surface area contributed by atoms with E-state index in [9.17, 15) is 45.6 Å². The number of rotatable bonds is 55. The van der Waals surface area contributed by atoms with Gasteiger partial charge in [0, 0.05) is 6.42 Å². The molecule has 14 heteroatoms. The second-order valence-electron chi connectivity index (χ2n) is 23.9. The normalized spacial score (nSPS) is 24.0. The second-order valence-corrected chi connectivity index (χ2v) is 23.9. The number of hydrogen-bond donors (Lipinski definition) is 9. The van der Waals surface area contributed by atoms with Gasteiger partial charge in [0.1, 0.15) is 48.8 Å². The molecule has 0 aromatic carbocycles. The van der Waals surface area contributed by atoms with E-state index in [1.165, 1.54) is 128 Å². The molecule has 0 aromatic rings. The molecule has 2 heterocycles. The highest BCUT2D eigenvalue weighted by atomic mass is 16.7. The quantitative estimate of drug-likeness (QED) is 0.0204. The van der Waals surface area contributed by atoms with Crippen molar-refractivity contribution in [3.63, 3.8) is 0 Å². The number of aliphatic hydroxyl groups excluding tert-OH is 8. The van der Waals surface area contributed by atoms with E-state index in [0.717, 1.165) is 83.5 Å². The summed E-state index contributed by atoms with van der Waals surface area (Å²) in [7, 11) is 0. The molecule has 2 rings (SSSR count). The molecule has 0 aromatic heterocycles. The molecule has 2 saturated heterocycles. The van der Waals surface area contributed by atoms with Crippen LogP contribution in [0.5, 0.6) is 0 Å². The van der Waals surface area contributed by atoms with Crippen LogP contribution < -0.4 is 5.32 Å². The van der Waals surface area contributed by atoms with Gasteiger partial charge in [-0.2, -0.15) is 0 Å². The van der Waals surface area contributed by atoms with Crippen LogP contribution in [0.3, 0.4) is 0 Å². The lowest BCUT2D eigenvalue weighted by atomic mass is 9.97. The number of allylic oxidation sites excluding steroid dienone is 18. The maximum absolute atomic E-state index is 13.3. The van der Waals surface area contributed by atoms with Gasteiger partial charge < -0.3 is 65.1 Å². The molecular formula is C73H125NO13. The van der Waals surface area contributed by atoms with Crippen molar-refractivity contribution in [2.45, 2.75) is 325 Å². The minimum absolute atomic E-state index is 0.218. The number of nitrogens with one attached hydrogen (secondary N) is 1. The Kier molecular flexibility index (Phi) is 51.9. The average Bonchev–Trinajstić information content (AvgIpc) is 1.55. The van der Waals surface area contributed by atoms with Crippen molar-refractivity contribution in [2.75, 3.05) is 19.8 Å². The summed E-state index contributed by atoms with van der Waals surface area (Å²) in [4.78, 5) is 13.3. The van der Waals surface area contributed by atoms with Crippen LogP contribution in [0.25, 0.3) is 0 Å². The van der Waals surface area contributed by atoms with Crippen molar-refractivity contribution in [1.29, 1.82) is 0 Å². The highest BCUT2D eigenvalue weighted by Gasteiger charge is 2.51. The minimum atomic E-state index is -1.79. The zero-order valence-electron chi connectivity index (χ0n) is 54.2. The molecule has 1 amide bonds. The fourth-order valence-corrected chi connectivity index (χ4v) is 10.8. The van der Waals surface area contributed by atoms with Crippen LogP contribution in [-0.2, 0) is 23.7 Å². The molecule has 0 spiro atoms. The molecule has 12 atom stereocenters. The Morgan fingerprint density at radius 3 is 1.17 bits per heavy atom. The van der Waals surface area contributed by atoms with Crippen LogP contribution in [0, 0.1) is 0 Å². The van der Waals surface area contributed by atoms with Crippen molar-refractivity contribution in [3.8, 4) is 0 Å². The number of unbranched alkanes of at least 4 members (excludes halogenated alkanes) is 24. The summed E-state index contributed by atoms with van der Waals surface area (Å²) >= 11 is 0. The fourth-order valence-electron chi connectivity index (χ4n) is 10.8. The molecular weight excluding hydrogens is 1100 g/mol. The number of carbonyl (C=O) groups excluding carboxylic acids is 1. The van der Waals surface area contributed by atoms with Crippen LogP contribution in [0.2, 0.25) is 0 Å². The van der Waals surface area contributed by atoms with E-state index in [4.69, 9.17) is 18.9 Å². The molecule has 0 aliphatic carbocycles. The number of carbonyl (C=O) groups is 1. The third-order valence-electron chi connectivity index (χ3n) is 16.3. The predicted molar refractivity (Wildman–Crippen MR) is 355 cm³/mol. The number of amides is 1. The summed E-state index contributed by atoms with van der Waals surface area (Å²) in [5.74, 6) is -0.266. The molecule has 2 aliphatic heterocycles. The van der Waals surface area contributed by atoms with E-state index < -0.39 is 86.8 Å². The van der Waals surface area contributed by atoms with E-state index in [2.05, 4.69) is 129 Å². The van der Waals surface area contributed by atoms with Crippen LogP contribution in [-0.4, -0.2) is 140 Å². The van der Waals surface area contributed by atoms with E-state index in [-0.39, 0.29) is 18.9 Å². The van der Waals surface area contributed by atoms with Gasteiger partial charge in [-0.25, -0.2) is 0 Å². The van der Waals surface area contributed by atoms with Gasteiger partial charge in [0.15, 0.2) is 12.6 Å². The van der Waals surface area contributed by atoms with Crippen LogP contribution in [0.1, 0.15) is 251 Å². The summed E-state index contributed by atoms with van der Waals surface area (Å²) in [5, 5.41) is 87.5. The molecule has 14 nitrogen and oxygen atoms in total. The lowest BCUT2D eigenvalue weighted by Gasteiger charge is -2.46. The summed E-state index contributed by atoms with van der Waals surface area (Å²) in [6.45, 7) is 2.73. The topological polar surface area (TPSA) is 228 Å². The van der Waals surface area contributed by atoms with E-state index >= 15 is 0 Å². The second kappa shape index (κ2) is 56.6. The van der Waals surface area contributed by atoms with Crippen molar-refractivity contribution in [2.24, 2.45) is 0 Å². The van der Waals surface area contributed by atoms with Gasteiger partial charge in [-0.3, -0.25) is 4.79 Å². The summed E-state index contributed by atoms with van der Waals surface area (Å²) in [5.41, 5.74) is 0. The number of hydrogen-bond acceptors (Lipinski definition) is 13. The lowest BCUT2D eigenvalue weighted by Crippen LogP contribution is -2.65. The Morgan fingerprint density at radius 2 is 0.782 bits per heavy atom. The molecule has 0 saturated carbocycles. The first kappa shape index (κ1) is 79.7. The Morgan fingerprint density at radius 1 is 0.425 bits per heavy atom. The van der Waals surface area contributed by atoms with E-state index in [0.29, 0.717) is 19.3 Å². The molecule has 9 N–H and O–H groups in total. The van der Waals surface area contributed by atoms with Crippen LogP contribution in [0.4, 0.5) is 0 Å². The third kappa shape index (κ3) is 40.9. The fraction of sp³-hybridized carbons (Fsp3) is 0.740. The summed E-state index contributed by atoms with van der Waals surface area (Å²) in [6.07, 6.45) is 63.8. The zero-order chi connectivity index (χ0) is 63.1. The Balaban J connectivity index is 1.73. The highest BCUT2D eigenvalue weighted by molar-refractivity contribution is 5.76. The first-order valence-corrected chi connectivity index (χ1v) is 34.6. The van der Waals surface area contributed by atoms with Gasteiger partial charge in [0.2, 0.25) is 5.91 Å². The molecule has 0 bridgehead atoms. The van der Waals surface area contributed by atoms with Gasteiger partial charge in [-0.05, 0) is 77.0 Å². The predicted octanol–water partition coefficient (Wildman–Crippen LogP) is 14.0. The van der Waals surface area contributed by atoms with Gasteiger partial charge in [-0.15, -0.1) is 0 Å². The van der Waals surface area contributed by atoms with Gasteiger partial charge in [-0.1, -0.05) is 277 Å². The number of aliphatic hydroxyl groups is 8. The molecule has 500 valence electrons. The lowest BCUT2D eigenvalue weighted by molar-refractivity contribution is -0.359. The van der Waals surface area contributed by atoms with Crippen LogP contribution in [0.15, 0.2) is 109 Å². The van der Waals surface area contributed by atoms with Gasteiger partial charge >= 0.3 is 0 Å². The molecule has 12 unspecified atom stereocenters. The molecule has 0 radical (unpaired) electrons. The van der Waals surface area contributed by atoms with Gasteiger partial charge in [0.25, 0.3) is 0 Å². The third-order valence-corrected chi connectivity index (χ3v) is 16.3. The van der Waals surface area contributed by atoms with Crippen LogP contribution >= 0.6 is 0 Å². The van der Waals surface area contributed by atoms with Crippen molar-refractivity contribution in [3.05, 3.63) is 109 Å². The maximum Gasteiger partial charge on any atom is 0.220 e. The SMILES string of the molecule is CC/C=C\C/C=C\C/C=C\C/C=C\C/C=C\C/C=C\C/C=C\C/C=C\C/C=C\CCCC(=O)NC(COC1OC(CO)C(OC2OC(CO)C(O)C(O)C2O)C(O)C1O)C(O)CCCCCCCCCCCCCCCCCCCCCCCCCC. The number of ether oxygens (including phenoxy) is 4. The first-order valence-electron chi connectivity index (χ1n) is 34.6. The Labute approximate surface area is 527 Å². The minimum Gasteiger partial charge on any atom is -0.394 e. The van der Waals surface area contributed by atoms with E-state index in [1.54, 1.807) is 0 Å². The van der Waals surface area contributed by atoms with Crippen molar-refractivity contribution < 1.29 is 64.6 Å². The zero-order valence-corrected chi connectivity index (χ0v) is 54.2. The highest BCUT2D eigenvalue weighted by Crippen LogP contribution is 2.30. The smallest absolute Gasteiger partial charge is 0.220 e. The maximum atomic E-state index is 13.3. The first-order chi connectivity index (χ1) is 42.6. The van der Waals surface area contributed by atoms with Gasteiger partial charge in [0.05, 0.1) is 32.0 Å². The standard InChI is InChI=1S/C73H125NO13/c1-3-5-7-9-11-13-15-17-19-21-23-25-27-29-30-31-32-33-35-37-39-41-43-45-47-49-51-53-55-57-65(78)74-61(60-84-72-70(83)68(81)71(64(59-76)86-72)87-73-69(82)67(80)66(79)63(58-75)85-73)62(77)56-54-52-50-48-46-44-42-40-38-36-34-28-26-24-22-20-18-16-14-12-10-8-6-4-2/h5,7,11,13,17,19,23,25,29-30,32-33,37,39,43,45,49,51,61-64,66-73,75-77,79-83H,3-4,6,8-10,12,14-16,18,20-22,24,26-28,31,34-36,38,40-42,44,46-48,50,52-60H2,1-2H3,(H,74,78)/b7-5-,13-11-,19-17-,25-23-,30-29-,33-32-,39-37-,45-43-,51-49-. The molecule has 2 fully saturated rings. The Hall–Kier alpha value is -3.35. The Bertz CT molecular complexity index is 1880. The average molecular weight is 1220 g/mol. The van der Waals surface area contributed by atoms with Crippen molar-refractivity contribution in [1.82, 2.24) is 5.32 Å². The largest absolute Gasteiger partial charge is 0.394 e. The molecule has 2 aliphatic rings. The molecule has 87 heavy (non-hydrogen) atoms.